The van der Waals surface area contributed by atoms with Gasteiger partial charge in [0.25, 0.3) is 0 Å². The lowest BCUT2D eigenvalue weighted by Crippen LogP contribution is -2.34. The lowest BCUT2D eigenvalue weighted by atomic mass is 10.2. The van der Waals surface area contributed by atoms with Crippen LogP contribution in [0, 0.1) is 5.82 Å². The van der Waals surface area contributed by atoms with Crippen LogP contribution in [0.15, 0.2) is 33.5 Å². The Labute approximate surface area is 119 Å². The Kier molecular flexibility index (Phi) is 3.55. The SMILES string of the molecule is O=C(Cn1nc(-c2ccc(F)cc2)oc1=O)N1CCCC1. The Hall–Kier alpha value is -2.44. The molecular weight excluding hydrogens is 277 g/mol. The topological polar surface area (TPSA) is 68.3 Å². The first-order valence-electron chi connectivity index (χ1n) is 6.75. The molecule has 21 heavy (non-hydrogen) atoms. The summed E-state index contributed by atoms with van der Waals surface area (Å²) in [5.41, 5.74) is 0.487. The normalized spacial score (nSPS) is 14.6. The fourth-order valence-electron chi connectivity index (χ4n) is 2.31. The average molecular weight is 291 g/mol. The molecule has 1 aliphatic rings. The van der Waals surface area contributed by atoms with E-state index in [1.165, 1.54) is 24.3 Å². The number of nitrogens with zero attached hydrogens (tertiary/aromatic N) is 3. The van der Waals surface area contributed by atoms with Gasteiger partial charge in [-0.1, -0.05) is 0 Å². The van der Waals surface area contributed by atoms with E-state index in [-0.39, 0.29) is 24.2 Å². The number of aromatic nitrogens is 2. The summed E-state index contributed by atoms with van der Waals surface area (Å²) in [6, 6.07) is 5.44. The van der Waals surface area contributed by atoms with E-state index in [0.29, 0.717) is 5.56 Å². The lowest BCUT2D eigenvalue weighted by Gasteiger charge is -2.13. The zero-order valence-corrected chi connectivity index (χ0v) is 11.3. The fourth-order valence-corrected chi connectivity index (χ4v) is 2.31. The van der Waals surface area contributed by atoms with E-state index in [4.69, 9.17) is 4.42 Å². The Morgan fingerprint density at radius 3 is 2.57 bits per heavy atom. The molecule has 1 aliphatic heterocycles. The van der Waals surface area contributed by atoms with Crippen LogP contribution in [-0.2, 0) is 11.3 Å². The van der Waals surface area contributed by atoms with E-state index < -0.39 is 5.76 Å². The van der Waals surface area contributed by atoms with Gasteiger partial charge in [0.15, 0.2) is 0 Å². The molecule has 3 rings (SSSR count). The van der Waals surface area contributed by atoms with Gasteiger partial charge in [0.05, 0.1) is 0 Å². The molecule has 1 aromatic carbocycles. The van der Waals surface area contributed by atoms with Crippen LogP contribution in [0.3, 0.4) is 0 Å². The monoisotopic (exact) mass is 291 g/mol. The number of amides is 1. The molecule has 0 N–H and O–H groups in total. The summed E-state index contributed by atoms with van der Waals surface area (Å²) in [7, 11) is 0. The van der Waals surface area contributed by atoms with E-state index in [0.717, 1.165) is 30.6 Å². The molecule has 7 heteroatoms. The summed E-state index contributed by atoms with van der Waals surface area (Å²) in [6.45, 7) is 1.30. The maximum Gasteiger partial charge on any atom is 0.437 e. The van der Waals surface area contributed by atoms with Crippen LogP contribution in [0.2, 0.25) is 0 Å². The van der Waals surface area contributed by atoms with Crippen molar-refractivity contribution in [3.05, 3.63) is 40.6 Å². The highest BCUT2D eigenvalue weighted by atomic mass is 19.1. The Morgan fingerprint density at radius 2 is 1.90 bits per heavy atom. The largest absolute Gasteiger partial charge is 0.437 e. The first-order chi connectivity index (χ1) is 10.1. The summed E-state index contributed by atoms with van der Waals surface area (Å²) < 4.78 is 18.9. The van der Waals surface area contributed by atoms with Gasteiger partial charge in [-0.05, 0) is 37.1 Å². The molecule has 0 radical (unpaired) electrons. The molecule has 1 amide bonds. The van der Waals surface area contributed by atoms with E-state index in [2.05, 4.69) is 5.10 Å². The molecule has 0 bridgehead atoms. The Balaban J connectivity index is 1.79. The van der Waals surface area contributed by atoms with Gasteiger partial charge in [0.2, 0.25) is 11.8 Å². The van der Waals surface area contributed by atoms with Crippen LogP contribution in [-0.4, -0.2) is 33.7 Å². The van der Waals surface area contributed by atoms with Crippen molar-refractivity contribution in [1.29, 1.82) is 0 Å². The molecule has 2 heterocycles. The average Bonchev–Trinajstić information content (AvgIpc) is 3.10. The van der Waals surface area contributed by atoms with Crippen molar-refractivity contribution in [2.45, 2.75) is 19.4 Å². The number of carbonyl (C=O) groups is 1. The molecule has 1 aromatic heterocycles. The quantitative estimate of drug-likeness (QED) is 0.854. The highest BCUT2D eigenvalue weighted by molar-refractivity contribution is 5.76. The number of likely N-dealkylation sites (tertiary alicyclic amines) is 1. The second-order valence-electron chi connectivity index (χ2n) is 4.93. The van der Waals surface area contributed by atoms with Crippen molar-refractivity contribution in [3.63, 3.8) is 0 Å². The van der Waals surface area contributed by atoms with Crippen molar-refractivity contribution in [1.82, 2.24) is 14.7 Å². The Bertz CT molecular complexity index is 699. The van der Waals surface area contributed by atoms with Crippen LogP contribution >= 0.6 is 0 Å². The third kappa shape index (κ3) is 2.86. The molecular formula is C14H14FN3O3. The van der Waals surface area contributed by atoms with Crippen LogP contribution in [0.1, 0.15) is 12.8 Å². The molecule has 0 unspecified atom stereocenters. The fraction of sp³-hybridized carbons (Fsp3) is 0.357. The van der Waals surface area contributed by atoms with Gasteiger partial charge in [-0.25, -0.2) is 9.18 Å². The van der Waals surface area contributed by atoms with Crippen LogP contribution < -0.4 is 5.76 Å². The minimum absolute atomic E-state index is 0.0780. The van der Waals surface area contributed by atoms with Crippen molar-refractivity contribution in [3.8, 4) is 11.5 Å². The molecule has 0 spiro atoms. The summed E-state index contributed by atoms with van der Waals surface area (Å²) in [6.07, 6.45) is 1.97. The molecule has 1 saturated heterocycles. The van der Waals surface area contributed by atoms with E-state index in [1.54, 1.807) is 4.90 Å². The molecule has 0 aliphatic carbocycles. The molecule has 0 saturated carbocycles. The van der Waals surface area contributed by atoms with Gasteiger partial charge >= 0.3 is 5.76 Å². The maximum absolute atomic E-state index is 12.9. The number of carbonyl (C=O) groups excluding carboxylic acids is 1. The van der Waals surface area contributed by atoms with Gasteiger partial charge in [-0.3, -0.25) is 4.79 Å². The summed E-state index contributed by atoms with van der Waals surface area (Å²) >= 11 is 0. The molecule has 110 valence electrons. The highest BCUT2D eigenvalue weighted by Gasteiger charge is 2.20. The molecule has 1 fully saturated rings. The predicted molar refractivity (Wildman–Crippen MR) is 72.0 cm³/mol. The van der Waals surface area contributed by atoms with Gasteiger partial charge in [-0.15, -0.1) is 5.10 Å². The van der Waals surface area contributed by atoms with Crippen molar-refractivity contribution in [2.24, 2.45) is 0 Å². The van der Waals surface area contributed by atoms with Crippen molar-refractivity contribution in [2.75, 3.05) is 13.1 Å². The number of hydrogen-bond donors (Lipinski definition) is 0. The highest BCUT2D eigenvalue weighted by Crippen LogP contribution is 2.15. The van der Waals surface area contributed by atoms with Crippen LogP contribution in [0.25, 0.3) is 11.5 Å². The number of benzene rings is 1. The smallest absolute Gasteiger partial charge is 0.388 e. The maximum atomic E-state index is 12.9. The van der Waals surface area contributed by atoms with Gasteiger partial charge in [0.1, 0.15) is 12.4 Å². The third-order valence-corrected chi connectivity index (χ3v) is 3.44. The van der Waals surface area contributed by atoms with Crippen molar-refractivity contribution < 1.29 is 13.6 Å². The van der Waals surface area contributed by atoms with Gasteiger partial charge < -0.3 is 9.32 Å². The van der Waals surface area contributed by atoms with Crippen molar-refractivity contribution >= 4 is 5.91 Å². The van der Waals surface area contributed by atoms with E-state index >= 15 is 0 Å². The number of halogens is 1. The second kappa shape index (κ2) is 5.51. The van der Waals surface area contributed by atoms with Gasteiger partial charge in [0, 0.05) is 18.7 Å². The molecule has 0 atom stereocenters. The minimum atomic E-state index is -0.693. The van der Waals surface area contributed by atoms with Crippen LogP contribution in [0.4, 0.5) is 4.39 Å². The first kappa shape index (κ1) is 13.5. The number of rotatable bonds is 3. The summed E-state index contributed by atoms with van der Waals surface area (Å²) in [4.78, 5) is 25.4. The number of hydrogen-bond acceptors (Lipinski definition) is 4. The third-order valence-electron chi connectivity index (χ3n) is 3.44. The summed E-state index contributed by atoms with van der Waals surface area (Å²) in [5.74, 6) is -1.14. The minimum Gasteiger partial charge on any atom is -0.388 e. The predicted octanol–water partition coefficient (Wildman–Crippen LogP) is 1.26. The molecule has 6 nitrogen and oxygen atoms in total. The summed E-state index contributed by atoms with van der Waals surface area (Å²) in [5, 5.41) is 3.99. The second-order valence-corrected chi connectivity index (χ2v) is 4.93. The lowest BCUT2D eigenvalue weighted by molar-refractivity contribution is -0.131. The van der Waals surface area contributed by atoms with Crippen LogP contribution in [0.5, 0.6) is 0 Å². The van der Waals surface area contributed by atoms with E-state index in [1.807, 2.05) is 0 Å². The molecule has 2 aromatic rings. The Morgan fingerprint density at radius 1 is 1.24 bits per heavy atom. The first-order valence-corrected chi connectivity index (χ1v) is 6.75. The standard InChI is InChI=1S/C14H14FN3O3/c15-11-5-3-10(4-6-11)13-16-18(14(20)21-13)9-12(19)17-7-1-2-8-17/h3-6H,1-2,7-9H2. The zero-order chi connectivity index (χ0) is 14.8. The van der Waals surface area contributed by atoms with E-state index in [9.17, 15) is 14.0 Å². The zero-order valence-electron chi connectivity index (χ0n) is 11.3. The van der Waals surface area contributed by atoms with Gasteiger partial charge in [-0.2, -0.15) is 4.68 Å².